The van der Waals surface area contributed by atoms with Crippen LogP contribution < -0.4 is 16.8 Å². The molecule has 0 bridgehead atoms. The van der Waals surface area contributed by atoms with Crippen LogP contribution in [0.15, 0.2) is 35.5 Å². The summed E-state index contributed by atoms with van der Waals surface area (Å²) in [7, 11) is 0. The van der Waals surface area contributed by atoms with Crippen LogP contribution in [0.2, 0.25) is 0 Å². The highest BCUT2D eigenvalue weighted by Crippen LogP contribution is 2.44. The number of hydrogen-bond donors (Lipinski definition) is 3. The highest BCUT2D eigenvalue weighted by atomic mass is 19.4. The number of benzene rings is 1. The number of aromatic nitrogens is 2. The fourth-order valence-electron chi connectivity index (χ4n) is 3.20. The van der Waals surface area contributed by atoms with Crippen LogP contribution in [0.4, 0.5) is 30.8 Å². The second-order valence-corrected chi connectivity index (χ2v) is 6.17. The Kier molecular flexibility index (Phi) is 4.88. The number of nitrogens with zero attached hydrogens (tertiary/aromatic N) is 2. The van der Waals surface area contributed by atoms with E-state index in [4.69, 9.17) is 16.2 Å². The van der Waals surface area contributed by atoms with Gasteiger partial charge in [-0.3, -0.25) is 0 Å². The lowest BCUT2D eigenvalue weighted by Crippen LogP contribution is -2.27. The summed E-state index contributed by atoms with van der Waals surface area (Å²) in [5.41, 5.74) is 11.8. The van der Waals surface area contributed by atoms with E-state index in [9.17, 15) is 18.0 Å². The van der Waals surface area contributed by atoms with Gasteiger partial charge in [-0.2, -0.15) is 23.1 Å². The molecule has 1 unspecified atom stereocenters. The summed E-state index contributed by atoms with van der Waals surface area (Å²) in [6, 6.07) is 4.68. The number of anilines is 3. The van der Waals surface area contributed by atoms with Crippen LogP contribution in [-0.2, 0) is 15.7 Å². The van der Waals surface area contributed by atoms with Crippen molar-refractivity contribution in [1.29, 1.82) is 0 Å². The van der Waals surface area contributed by atoms with Crippen LogP contribution in [0.25, 0.3) is 0 Å². The number of allylic oxidation sites excluding steroid dienone is 1. The lowest BCUT2D eigenvalue weighted by Gasteiger charge is -2.30. The summed E-state index contributed by atoms with van der Waals surface area (Å²) in [5.74, 6) is -1.52. The molecule has 2 aromatic rings. The quantitative estimate of drug-likeness (QED) is 0.686. The predicted molar refractivity (Wildman–Crippen MR) is 97.1 cm³/mol. The molecule has 0 saturated heterocycles. The summed E-state index contributed by atoms with van der Waals surface area (Å²) in [4.78, 5) is 20.6. The number of halogens is 3. The standard InChI is InChI=1S/C18H18F3N5O2/c1-3-28-16(27)11-8(2)24-15-13(14(22)25-17(23)26-15)12(11)9-5-4-6-10(7-9)18(19,20)21/h4-7,12H,3H2,1-2H3,(H5,22,23,24,25,26). The predicted octanol–water partition coefficient (Wildman–Crippen LogP) is 3.05. The lowest BCUT2D eigenvalue weighted by molar-refractivity contribution is -0.139. The van der Waals surface area contributed by atoms with Crippen molar-refractivity contribution >= 4 is 23.6 Å². The van der Waals surface area contributed by atoms with Crippen molar-refractivity contribution in [3.8, 4) is 0 Å². The van der Waals surface area contributed by atoms with Gasteiger partial charge in [-0.15, -0.1) is 0 Å². The fraction of sp³-hybridized carbons (Fsp3) is 0.278. The maximum atomic E-state index is 13.2. The average Bonchev–Trinajstić information content (AvgIpc) is 2.59. The van der Waals surface area contributed by atoms with Crippen molar-refractivity contribution < 1.29 is 22.7 Å². The summed E-state index contributed by atoms with van der Waals surface area (Å²) >= 11 is 0. The third-order valence-electron chi connectivity index (χ3n) is 4.32. The van der Waals surface area contributed by atoms with Gasteiger partial charge in [0, 0.05) is 11.3 Å². The molecule has 0 radical (unpaired) electrons. The van der Waals surface area contributed by atoms with E-state index in [1.807, 2.05) is 0 Å². The molecule has 1 aliphatic heterocycles. The van der Waals surface area contributed by atoms with Gasteiger partial charge >= 0.3 is 12.1 Å². The number of nitrogen functional groups attached to an aromatic ring is 2. The largest absolute Gasteiger partial charge is 0.463 e. The molecule has 148 valence electrons. The number of esters is 1. The van der Waals surface area contributed by atoms with E-state index in [0.717, 1.165) is 12.1 Å². The number of rotatable bonds is 3. The first-order valence-electron chi connectivity index (χ1n) is 8.38. The minimum atomic E-state index is -4.54. The summed E-state index contributed by atoms with van der Waals surface area (Å²) < 4.78 is 44.8. The van der Waals surface area contributed by atoms with Gasteiger partial charge in [0.15, 0.2) is 0 Å². The molecule has 0 spiro atoms. The molecule has 2 heterocycles. The number of alkyl halides is 3. The summed E-state index contributed by atoms with van der Waals surface area (Å²) in [6.07, 6.45) is -4.54. The van der Waals surface area contributed by atoms with Crippen LogP contribution in [0.5, 0.6) is 0 Å². The number of nitrogens with one attached hydrogen (secondary N) is 1. The zero-order chi connectivity index (χ0) is 20.6. The van der Waals surface area contributed by atoms with Gasteiger partial charge < -0.3 is 21.5 Å². The van der Waals surface area contributed by atoms with E-state index >= 15 is 0 Å². The SMILES string of the molecule is CCOC(=O)C1=C(C)Nc2nc(N)nc(N)c2C1c1cccc(C(F)(F)F)c1. The maximum absolute atomic E-state index is 13.2. The molecule has 7 nitrogen and oxygen atoms in total. The molecule has 10 heteroatoms. The molecular formula is C18H18F3N5O2. The lowest BCUT2D eigenvalue weighted by atomic mass is 9.81. The van der Waals surface area contributed by atoms with Crippen molar-refractivity contribution in [2.24, 2.45) is 0 Å². The zero-order valence-corrected chi connectivity index (χ0v) is 15.1. The van der Waals surface area contributed by atoms with E-state index < -0.39 is 23.6 Å². The van der Waals surface area contributed by atoms with Crippen molar-refractivity contribution in [3.05, 3.63) is 52.2 Å². The number of hydrogen-bond acceptors (Lipinski definition) is 7. The van der Waals surface area contributed by atoms with E-state index in [1.165, 1.54) is 12.1 Å². The fourth-order valence-corrected chi connectivity index (χ4v) is 3.20. The topological polar surface area (TPSA) is 116 Å². The minimum Gasteiger partial charge on any atom is -0.463 e. The van der Waals surface area contributed by atoms with E-state index in [-0.39, 0.29) is 40.9 Å². The molecule has 5 N–H and O–H groups in total. The van der Waals surface area contributed by atoms with Gasteiger partial charge in [0.2, 0.25) is 5.95 Å². The number of carbonyl (C=O) groups excluding carboxylic acids is 1. The smallest absolute Gasteiger partial charge is 0.416 e. The van der Waals surface area contributed by atoms with Crippen molar-refractivity contribution in [1.82, 2.24) is 9.97 Å². The van der Waals surface area contributed by atoms with Crippen molar-refractivity contribution in [2.75, 3.05) is 23.4 Å². The molecule has 0 amide bonds. The molecule has 1 aliphatic rings. The Bertz CT molecular complexity index is 972. The van der Waals surface area contributed by atoms with Gasteiger partial charge in [0.1, 0.15) is 11.6 Å². The van der Waals surface area contributed by atoms with Crippen molar-refractivity contribution in [3.63, 3.8) is 0 Å². The van der Waals surface area contributed by atoms with Gasteiger partial charge in [-0.25, -0.2) is 4.79 Å². The maximum Gasteiger partial charge on any atom is 0.416 e. The van der Waals surface area contributed by atoms with E-state index in [2.05, 4.69) is 15.3 Å². The third-order valence-corrected chi connectivity index (χ3v) is 4.32. The minimum absolute atomic E-state index is 0.0355. The zero-order valence-electron chi connectivity index (χ0n) is 15.1. The van der Waals surface area contributed by atoms with Crippen LogP contribution in [-0.4, -0.2) is 22.5 Å². The third kappa shape index (κ3) is 3.45. The molecule has 0 saturated carbocycles. The molecule has 1 aromatic carbocycles. The highest BCUT2D eigenvalue weighted by molar-refractivity contribution is 5.95. The van der Waals surface area contributed by atoms with Gasteiger partial charge in [-0.05, 0) is 25.5 Å². The first-order chi connectivity index (χ1) is 13.1. The number of ether oxygens (including phenoxy) is 1. The number of fused-ring (bicyclic) bond motifs is 1. The molecule has 1 aromatic heterocycles. The van der Waals surface area contributed by atoms with Crippen LogP contribution >= 0.6 is 0 Å². The molecule has 1 atom stereocenters. The Balaban J connectivity index is 2.27. The Morgan fingerprint density at radius 1 is 1.29 bits per heavy atom. The molecule has 28 heavy (non-hydrogen) atoms. The Morgan fingerprint density at radius 2 is 2.00 bits per heavy atom. The molecule has 3 rings (SSSR count). The van der Waals surface area contributed by atoms with Crippen molar-refractivity contribution in [2.45, 2.75) is 25.9 Å². The number of nitrogens with two attached hydrogens (primary N) is 2. The Labute approximate surface area is 158 Å². The second-order valence-electron chi connectivity index (χ2n) is 6.17. The Hall–Kier alpha value is -3.30. The molecular weight excluding hydrogens is 375 g/mol. The van der Waals surface area contributed by atoms with Crippen LogP contribution in [0.3, 0.4) is 0 Å². The van der Waals surface area contributed by atoms with Crippen LogP contribution in [0.1, 0.15) is 36.5 Å². The summed E-state index contributed by atoms with van der Waals surface area (Å²) in [5, 5.41) is 2.92. The normalized spacial score (nSPS) is 16.4. The van der Waals surface area contributed by atoms with Crippen LogP contribution in [0, 0.1) is 0 Å². The molecule has 0 fully saturated rings. The van der Waals surface area contributed by atoms with Gasteiger partial charge in [0.05, 0.1) is 23.7 Å². The highest BCUT2D eigenvalue weighted by Gasteiger charge is 2.38. The molecule has 0 aliphatic carbocycles. The summed E-state index contributed by atoms with van der Waals surface area (Å²) in [6.45, 7) is 3.34. The van der Waals surface area contributed by atoms with E-state index in [0.29, 0.717) is 5.70 Å². The monoisotopic (exact) mass is 393 g/mol. The first kappa shape index (κ1) is 19.5. The van der Waals surface area contributed by atoms with Gasteiger partial charge in [0.25, 0.3) is 0 Å². The average molecular weight is 393 g/mol. The van der Waals surface area contributed by atoms with E-state index in [1.54, 1.807) is 13.8 Å². The second kappa shape index (κ2) is 7.02. The number of carbonyl (C=O) groups is 1. The van der Waals surface area contributed by atoms with Gasteiger partial charge in [-0.1, -0.05) is 18.2 Å². The Morgan fingerprint density at radius 3 is 2.64 bits per heavy atom. The first-order valence-corrected chi connectivity index (χ1v) is 8.38.